The van der Waals surface area contributed by atoms with Crippen molar-refractivity contribution in [3.63, 3.8) is 0 Å². The fraction of sp³-hybridized carbons (Fsp3) is 0.571. The van der Waals surface area contributed by atoms with Gasteiger partial charge in [-0.1, -0.05) is 20.8 Å². The molecule has 0 bridgehead atoms. The smallest absolute Gasteiger partial charge is 0.271 e. The minimum atomic E-state index is -2.08. The predicted molar refractivity (Wildman–Crippen MR) is 126 cm³/mol. The van der Waals surface area contributed by atoms with E-state index in [1.165, 1.54) is 13.0 Å². The van der Waals surface area contributed by atoms with Gasteiger partial charge in [0, 0.05) is 17.6 Å². The molecule has 2 aliphatic heterocycles. The Morgan fingerprint density at radius 1 is 1.38 bits per heavy atom. The second-order valence-corrected chi connectivity index (χ2v) is 15.3. The summed E-state index contributed by atoms with van der Waals surface area (Å²) in [5.41, 5.74) is -2.05. The van der Waals surface area contributed by atoms with Crippen molar-refractivity contribution in [3.05, 3.63) is 28.7 Å². The molecular weight excluding hydrogens is 452 g/mol. The minimum absolute atomic E-state index is 0.00138. The van der Waals surface area contributed by atoms with Gasteiger partial charge in [-0.25, -0.2) is 4.99 Å². The van der Waals surface area contributed by atoms with Gasteiger partial charge in [0.15, 0.2) is 14.5 Å². The Balaban J connectivity index is 1.72. The van der Waals surface area contributed by atoms with Gasteiger partial charge < -0.3 is 29.3 Å². The monoisotopic (exact) mass is 480 g/mol. The molecule has 2 aliphatic rings. The number of nitrogens with zero attached hydrogens (tertiary/aromatic N) is 3. The van der Waals surface area contributed by atoms with E-state index in [4.69, 9.17) is 20.8 Å². The highest BCUT2D eigenvalue weighted by atomic mass is 35.5. The Bertz CT molecular complexity index is 1160. The molecule has 2 aromatic rings. The maximum absolute atomic E-state index is 11.9. The molecule has 1 fully saturated rings. The Morgan fingerprint density at radius 3 is 2.72 bits per heavy atom. The Labute approximate surface area is 192 Å². The van der Waals surface area contributed by atoms with E-state index in [0.29, 0.717) is 16.6 Å². The van der Waals surface area contributed by atoms with Crippen molar-refractivity contribution in [2.45, 2.75) is 69.9 Å². The van der Waals surface area contributed by atoms with Gasteiger partial charge in [0.2, 0.25) is 5.29 Å². The lowest BCUT2D eigenvalue weighted by molar-refractivity contribution is -0.0953. The van der Waals surface area contributed by atoms with E-state index >= 15 is 0 Å². The zero-order chi connectivity index (χ0) is 23.6. The van der Waals surface area contributed by atoms with E-state index in [0.717, 1.165) is 0 Å². The molecule has 0 amide bonds. The standard InChI is InChI=1S/C21H29ClN4O5Si/c1-20(2,3)32(5,6)30-10-12-15(28)21(4,29)18(31-12)26-9-11-7-8-13(27)23-16-14(11)17(26)25-19(22)24-16/h7-9,12,15,18,28-29H,10H2,1-6H3,(H,23,24,25,27)/t12-,15-,18?,21-/m1/s1. The second kappa shape index (κ2) is 7.61. The summed E-state index contributed by atoms with van der Waals surface area (Å²) in [7, 11) is -2.08. The Morgan fingerprint density at radius 2 is 2.06 bits per heavy atom. The molecule has 4 atom stereocenters. The van der Waals surface area contributed by atoms with Crippen LogP contribution in [0.15, 0.2) is 28.1 Å². The number of halogens is 1. The lowest BCUT2D eigenvalue weighted by atomic mass is 9.96. The van der Waals surface area contributed by atoms with Crippen LogP contribution < -0.4 is 10.9 Å². The van der Waals surface area contributed by atoms with E-state index in [1.54, 1.807) is 16.8 Å². The Hall–Kier alpha value is -1.82. The molecule has 1 saturated heterocycles. The number of ether oxygens (including phenoxy) is 1. The molecule has 1 unspecified atom stereocenters. The van der Waals surface area contributed by atoms with Crippen LogP contribution in [0, 0.1) is 0 Å². The Kier molecular flexibility index (Phi) is 5.55. The molecule has 174 valence electrons. The molecule has 0 aliphatic carbocycles. The highest BCUT2D eigenvalue weighted by molar-refractivity contribution is 6.74. The molecule has 4 heterocycles. The van der Waals surface area contributed by atoms with E-state index in [9.17, 15) is 15.0 Å². The highest BCUT2D eigenvalue weighted by Gasteiger charge is 2.54. The first-order valence-corrected chi connectivity index (χ1v) is 13.8. The number of aliphatic hydroxyl groups excluding tert-OH is 1. The molecule has 4 rings (SSSR count). The van der Waals surface area contributed by atoms with Crippen LogP contribution in [0.3, 0.4) is 0 Å². The van der Waals surface area contributed by atoms with Crippen molar-refractivity contribution >= 4 is 47.6 Å². The summed E-state index contributed by atoms with van der Waals surface area (Å²) in [4.78, 5) is 20.3. The molecule has 11 heteroatoms. The molecule has 3 N–H and O–H groups in total. The van der Waals surface area contributed by atoms with Crippen LogP contribution in [0.5, 0.6) is 0 Å². The molecule has 0 aromatic carbocycles. The second-order valence-electron chi connectivity index (χ2n) is 10.1. The van der Waals surface area contributed by atoms with Gasteiger partial charge in [-0.2, -0.15) is 4.98 Å². The lowest BCUT2D eigenvalue weighted by Gasteiger charge is -2.37. The number of aliphatic hydroxyl groups is 2. The maximum Gasteiger partial charge on any atom is 0.271 e. The van der Waals surface area contributed by atoms with Gasteiger partial charge in [0.25, 0.3) is 5.56 Å². The highest BCUT2D eigenvalue weighted by Crippen LogP contribution is 2.45. The number of rotatable bonds is 4. The number of hydrogen-bond acceptors (Lipinski definition) is 8. The SMILES string of the molecule is CC(C)(C)[Si](C)(C)OC[C@H]1OC(n2cc3ccc(=O)nc4c3c2N=C(Cl)N4)[C@](C)(O)[C@@H]1O. The third-order valence-corrected chi connectivity index (χ3v) is 11.4. The van der Waals surface area contributed by atoms with Crippen LogP contribution in [0.1, 0.15) is 33.9 Å². The summed E-state index contributed by atoms with van der Waals surface area (Å²) >= 11 is 6.15. The number of amidine groups is 1. The molecule has 2 aromatic heterocycles. The third-order valence-electron chi connectivity index (χ3n) is 6.75. The summed E-state index contributed by atoms with van der Waals surface area (Å²) in [6.07, 6.45) is -1.16. The molecule has 32 heavy (non-hydrogen) atoms. The number of hydrogen-bond donors (Lipinski definition) is 3. The number of aliphatic imine (C=N–C) groups is 1. The summed E-state index contributed by atoms with van der Waals surface area (Å²) in [6, 6.07) is 2.97. The summed E-state index contributed by atoms with van der Waals surface area (Å²) in [5.74, 6) is 0.657. The molecule has 0 radical (unpaired) electrons. The van der Waals surface area contributed by atoms with E-state index in [-0.39, 0.29) is 22.8 Å². The minimum Gasteiger partial charge on any atom is -0.414 e. The van der Waals surface area contributed by atoms with Crippen molar-refractivity contribution in [3.8, 4) is 0 Å². The van der Waals surface area contributed by atoms with Crippen LogP contribution in [0.4, 0.5) is 11.6 Å². The van der Waals surface area contributed by atoms with Crippen LogP contribution in [-0.4, -0.2) is 57.8 Å². The van der Waals surface area contributed by atoms with E-state index < -0.39 is 37.9 Å². The summed E-state index contributed by atoms with van der Waals surface area (Å²) in [6.45, 7) is 12.3. The van der Waals surface area contributed by atoms with Crippen molar-refractivity contribution < 1.29 is 19.4 Å². The normalized spacial score (nSPS) is 28.0. The number of nitrogens with one attached hydrogen (secondary N) is 1. The third kappa shape index (κ3) is 3.78. The van der Waals surface area contributed by atoms with Gasteiger partial charge in [-0.3, -0.25) is 4.79 Å². The van der Waals surface area contributed by atoms with Gasteiger partial charge >= 0.3 is 0 Å². The molecule has 9 nitrogen and oxygen atoms in total. The van der Waals surface area contributed by atoms with Crippen molar-refractivity contribution in [1.29, 1.82) is 0 Å². The first-order chi connectivity index (χ1) is 14.7. The number of anilines is 1. The zero-order valence-electron chi connectivity index (χ0n) is 19.0. The zero-order valence-corrected chi connectivity index (χ0v) is 20.8. The predicted octanol–water partition coefficient (Wildman–Crippen LogP) is 3.08. The quantitative estimate of drug-likeness (QED) is 0.454. The fourth-order valence-corrected chi connectivity index (χ4v) is 4.94. The van der Waals surface area contributed by atoms with Crippen LogP contribution in [-0.2, 0) is 9.16 Å². The first kappa shape index (κ1) is 23.3. The van der Waals surface area contributed by atoms with Crippen molar-refractivity contribution in [2.24, 2.45) is 4.99 Å². The molecule has 0 spiro atoms. The van der Waals surface area contributed by atoms with E-state index in [1.807, 2.05) is 0 Å². The van der Waals surface area contributed by atoms with Crippen LogP contribution in [0.25, 0.3) is 10.8 Å². The maximum atomic E-state index is 11.9. The largest absolute Gasteiger partial charge is 0.414 e. The average molecular weight is 481 g/mol. The van der Waals surface area contributed by atoms with Crippen LogP contribution >= 0.6 is 11.6 Å². The molecular formula is C21H29ClN4O5Si. The van der Waals surface area contributed by atoms with E-state index in [2.05, 4.69) is 49.2 Å². The van der Waals surface area contributed by atoms with Crippen molar-refractivity contribution in [2.75, 3.05) is 11.9 Å². The number of aromatic nitrogens is 2. The van der Waals surface area contributed by atoms with Gasteiger partial charge in [-0.15, -0.1) is 0 Å². The van der Waals surface area contributed by atoms with Crippen molar-refractivity contribution in [1.82, 2.24) is 9.55 Å². The summed E-state index contributed by atoms with van der Waals surface area (Å²) < 4.78 is 14.0. The summed E-state index contributed by atoms with van der Waals surface area (Å²) in [5, 5.41) is 26.2. The topological polar surface area (TPSA) is 118 Å². The fourth-order valence-electron chi connectivity index (χ4n) is 3.75. The van der Waals surface area contributed by atoms with Gasteiger partial charge in [-0.05, 0) is 42.7 Å². The molecule has 0 saturated carbocycles. The van der Waals surface area contributed by atoms with Gasteiger partial charge in [0.1, 0.15) is 29.4 Å². The average Bonchev–Trinajstić information content (AvgIpc) is 3.06. The van der Waals surface area contributed by atoms with Gasteiger partial charge in [0.05, 0.1) is 12.0 Å². The lowest BCUT2D eigenvalue weighted by Crippen LogP contribution is -2.47. The first-order valence-electron chi connectivity index (χ1n) is 10.5. The van der Waals surface area contributed by atoms with Crippen LogP contribution in [0.2, 0.25) is 18.1 Å².